The number of nitriles is 1. The van der Waals surface area contributed by atoms with Crippen molar-refractivity contribution >= 4 is 63.9 Å². The van der Waals surface area contributed by atoms with Crippen LogP contribution in [-0.2, 0) is 22.4 Å². The minimum atomic E-state index is -1.34. The smallest absolute Gasteiger partial charge is 0.339 e. The van der Waals surface area contributed by atoms with Crippen LogP contribution in [0.15, 0.2) is 97.1 Å². The van der Waals surface area contributed by atoms with Gasteiger partial charge >= 0.3 is 5.97 Å². The summed E-state index contributed by atoms with van der Waals surface area (Å²) in [4.78, 5) is 76.2. The van der Waals surface area contributed by atoms with E-state index in [0.29, 0.717) is 16.3 Å². The summed E-state index contributed by atoms with van der Waals surface area (Å²) in [6.45, 7) is 2.92. The summed E-state index contributed by atoms with van der Waals surface area (Å²) in [6.07, 6.45) is -0.0260. The number of aromatic hydroxyl groups is 2. The van der Waals surface area contributed by atoms with Crippen molar-refractivity contribution in [3.63, 3.8) is 0 Å². The number of amides is 3. The summed E-state index contributed by atoms with van der Waals surface area (Å²) >= 11 is 5.91. The van der Waals surface area contributed by atoms with Crippen molar-refractivity contribution in [2.45, 2.75) is 39.5 Å². The van der Waals surface area contributed by atoms with Gasteiger partial charge < -0.3 is 31.3 Å². The number of hydrogen-bond donors (Lipinski definition) is 6. The molecular formula is C44H37ClN4O9. The minimum Gasteiger partial charge on any atom is -0.507 e. The minimum absolute atomic E-state index is 0.00449. The summed E-state index contributed by atoms with van der Waals surface area (Å²) in [5.74, 6) is -5.44. The number of carboxylic acid groups (broad SMARTS) is 1. The van der Waals surface area contributed by atoms with Crippen molar-refractivity contribution < 1.29 is 44.1 Å². The number of carboxylic acids is 1. The molecular weight excluding hydrogens is 764 g/mol. The van der Waals surface area contributed by atoms with Gasteiger partial charge in [-0.05, 0) is 85.6 Å². The highest BCUT2D eigenvalue weighted by atomic mass is 35.5. The van der Waals surface area contributed by atoms with Gasteiger partial charge in [-0.2, -0.15) is 5.26 Å². The Morgan fingerprint density at radius 1 is 0.655 bits per heavy atom. The Morgan fingerprint density at radius 3 is 1.71 bits per heavy atom. The fraction of sp³-hybridized carbons (Fsp3) is 0.159. The molecule has 0 saturated carbocycles. The maximum Gasteiger partial charge on any atom is 0.339 e. The Labute approximate surface area is 337 Å². The molecule has 0 spiro atoms. The van der Waals surface area contributed by atoms with E-state index < -0.39 is 41.1 Å². The van der Waals surface area contributed by atoms with Crippen molar-refractivity contribution in [3.8, 4) is 17.6 Å². The van der Waals surface area contributed by atoms with E-state index in [4.69, 9.17) is 11.6 Å². The van der Waals surface area contributed by atoms with Crippen LogP contribution in [-0.4, -0.2) is 50.6 Å². The summed E-state index contributed by atoms with van der Waals surface area (Å²) in [5, 5.41) is 48.1. The number of benzene rings is 5. The third-order valence-corrected chi connectivity index (χ3v) is 9.63. The van der Waals surface area contributed by atoms with E-state index in [1.165, 1.54) is 56.3 Å². The van der Waals surface area contributed by atoms with E-state index in [2.05, 4.69) is 16.0 Å². The maximum atomic E-state index is 13.2. The van der Waals surface area contributed by atoms with Gasteiger partial charge in [-0.1, -0.05) is 48.0 Å². The lowest BCUT2D eigenvalue weighted by molar-refractivity contribution is -0.120. The van der Waals surface area contributed by atoms with E-state index in [1.54, 1.807) is 48.5 Å². The Hall–Kier alpha value is -7.30. The first-order valence-electron chi connectivity index (χ1n) is 17.8. The third kappa shape index (κ3) is 10.3. The number of carbonyl (C=O) groups is 6. The van der Waals surface area contributed by atoms with Crippen LogP contribution in [0.1, 0.15) is 76.5 Å². The highest BCUT2D eigenvalue weighted by Gasteiger charge is 2.24. The second kappa shape index (κ2) is 18.6. The van der Waals surface area contributed by atoms with Crippen LogP contribution in [0.5, 0.6) is 11.5 Å². The first-order chi connectivity index (χ1) is 27.6. The van der Waals surface area contributed by atoms with E-state index in [9.17, 15) is 49.3 Å². The molecule has 0 saturated heterocycles. The third-order valence-electron chi connectivity index (χ3n) is 9.38. The molecule has 0 aromatic heterocycles. The second-order valence-electron chi connectivity index (χ2n) is 13.5. The summed E-state index contributed by atoms with van der Waals surface area (Å²) in [6, 6.07) is 26.5. The molecule has 0 bridgehead atoms. The average Bonchev–Trinajstić information content (AvgIpc) is 3.19. The van der Waals surface area contributed by atoms with E-state index in [0.717, 1.165) is 17.2 Å². The molecule has 14 heteroatoms. The SMILES string of the molecule is Cc1c(NC(=O)c2ccc(NC(=O)c3ccc(NC(=O)C(CC#N)CC(=O)c4ccc(CC(=O)Cc5ccc(Cl)cc5)cc4)cc3)c(C)c2O)ccc(C(=O)O)c1O. The Bertz CT molecular complexity index is 2460. The zero-order valence-corrected chi connectivity index (χ0v) is 32.0. The molecule has 0 fully saturated rings. The molecule has 5 rings (SSSR count). The largest absolute Gasteiger partial charge is 0.507 e. The predicted octanol–water partition coefficient (Wildman–Crippen LogP) is 7.67. The molecule has 6 N–H and O–H groups in total. The number of ketones is 2. The molecule has 5 aromatic rings. The molecule has 1 atom stereocenters. The van der Waals surface area contributed by atoms with Crippen molar-refractivity contribution in [3.05, 3.63) is 147 Å². The van der Waals surface area contributed by atoms with Gasteiger partial charge in [0.1, 0.15) is 22.8 Å². The lowest BCUT2D eigenvalue weighted by atomic mass is 9.94. The topological polar surface area (TPSA) is 223 Å². The number of hydrogen-bond acceptors (Lipinski definition) is 9. The van der Waals surface area contributed by atoms with Crippen molar-refractivity contribution in [2.75, 3.05) is 16.0 Å². The van der Waals surface area contributed by atoms with E-state index in [1.807, 2.05) is 6.07 Å². The number of Topliss-reactive ketones (excluding diaryl/α,β-unsaturated/α-hetero) is 2. The van der Waals surface area contributed by atoms with Crippen LogP contribution in [0.4, 0.5) is 17.1 Å². The lowest BCUT2D eigenvalue weighted by Gasteiger charge is -2.15. The zero-order chi connectivity index (χ0) is 42.1. The second-order valence-corrected chi connectivity index (χ2v) is 13.9. The maximum absolute atomic E-state index is 13.2. The van der Waals surface area contributed by atoms with Gasteiger partial charge in [0.05, 0.1) is 17.6 Å². The number of nitrogens with zero attached hydrogens (tertiary/aromatic N) is 1. The number of carbonyl (C=O) groups excluding carboxylic acids is 5. The average molecular weight is 801 g/mol. The van der Waals surface area contributed by atoms with Gasteiger partial charge in [0.15, 0.2) is 5.78 Å². The number of aromatic carboxylic acids is 1. The number of phenolic OH excluding ortho intramolecular Hbond substituents is 1. The zero-order valence-electron chi connectivity index (χ0n) is 31.3. The normalized spacial score (nSPS) is 11.1. The summed E-state index contributed by atoms with van der Waals surface area (Å²) in [7, 11) is 0. The monoisotopic (exact) mass is 800 g/mol. The lowest BCUT2D eigenvalue weighted by Crippen LogP contribution is -2.25. The van der Waals surface area contributed by atoms with Gasteiger partial charge in [0.2, 0.25) is 5.91 Å². The van der Waals surface area contributed by atoms with Crippen LogP contribution < -0.4 is 16.0 Å². The van der Waals surface area contributed by atoms with Crippen molar-refractivity contribution in [1.29, 1.82) is 5.26 Å². The van der Waals surface area contributed by atoms with Crippen molar-refractivity contribution in [1.82, 2.24) is 0 Å². The first kappa shape index (κ1) is 41.9. The Morgan fingerprint density at radius 2 is 1.16 bits per heavy atom. The molecule has 294 valence electrons. The van der Waals surface area contributed by atoms with Crippen LogP contribution in [0, 0.1) is 31.1 Å². The van der Waals surface area contributed by atoms with Crippen LogP contribution in [0.3, 0.4) is 0 Å². The Balaban J connectivity index is 1.15. The van der Waals surface area contributed by atoms with Gasteiger partial charge in [0.25, 0.3) is 11.8 Å². The van der Waals surface area contributed by atoms with Crippen LogP contribution in [0.25, 0.3) is 0 Å². The molecule has 0 radical (unpaired) electrons. The molecule has 58 heavy (non-hydrogen) atoms. The fourth-order valence-corrected chi connectivity index (χ4v) is 6.12. The quantitative estimate of drug-likeness (QED) is 0.0567. The van der Waals surface area contributed by atoms with Gasteiger partial charge in [0, 0.05) is 70.0 Å². The number of anilines is 3. The standard InChI is InChI=1S/C44H37ClN4O9/c1-24-36(17-15-34(39(24)52)43(56)49-37-18-16-35(44(57)58)40(53)25(37)2)48-41(54)29-9-13-32(14-10-29)47-42(55)30(19-20-46)23-38(51)28-7-3-26(4-8-28)21-33(50)22-27-5-11-31(45)12-6-27/h3-18,30,52-53H,19,21-23H2,1-2H3,(H,47,55)(H,48,54)(H,49,56)(H,57,58). The first-order valence-corrected chi connectivity index (χ1v) is 18.2. The van der Waals surface area contributed by atoms with Gasteiger partial charge in [-0.15, -0.1) is 0 Å². The molecule has 0 aliphatic carbocycles. The van der Waals surface area contributed by atoms with Crippen LogP contribution >= 0.6 is 11.6 Å². The molecule has 13 nitrogen and oxygen atoms in total. The molecule has 0 heterocycles. The number of rotatable bonds is 15. The molecule has 0 aliphatic heterocycles. The Kier molecular flexibility index (Phi) is 13.4. The van der Waals surface area contributed by atoms with Gasteiger partial charge in [-0.25, -0.2) is 4.79 Å². The van der Waals surface area contributed by atoms with E-state index in [-0.39, 0.29) is 76.4 Å². The summed E-state index contributed by atoms with van der Waals surface area (Å²) in [5.41, 5.74) is 2.58. The van der Waals surface area contributed by atoms with E-state index >= 15 is 0 Å². The number of nitrogens with one attached hydrogen (secondary N) is 3. The van der Waals surface area contributed by atoms with Crippen LogP contribution in [0.2, 0.25) is 5.02 Å². The number of phenols is 2. The molecule has 5 aromatic carbocycles. The van der Waals surface area contributed by atoms with Gasteiger partial charge in [-0.3, -0.25) is 24.0 Å². The summed E-state index contributed by atoms with van der Waals surface area (Å²) < 4.78 is 0. The van der Waals surface area contributed by atoms with Crippen molar-refractivity contribution in [2.24, 2.45) is 5.92 Å². The predicted molar refractivity (Wildman–Crippen MR) is 217 cm³/mol. The fourth-order valence-electron chi connectivity index (χ4n) is 6.00. The molecule has 0 aliphatic rings. The number of halogens is 1. The molecule has 3 amide bonds. The highest BCUT2D eigenvalue weighted by molar-refractivity contribution is 6.30. The highest BCUT2D eigenvalue weighted by Crippen LogP contribution is 2.32. The molecule has 1 unspecified atom stereocenters.